The smallest absolute Gasteiger partial charge is 0.229 e. The Morgan fingerprint density at radius 3 is 2.48 bits per heavy atom. The zero-order valence-corrected chi connectivity index (χ0v) is 16.2. The largest absolute Gasteiger partial charge is 0.361 e. The molecule has 0 atom stereocenters. The summed E-state index contributed by atoms with van der Waals surface area (Å²) in [6, 6.07) is 10.1. The fourth-order valence-electron chi connectivity index (χ4n) is 3.61. The van der Waals surface area contributed by atoms with Crippen LogP contribution >= 0.6 is 23.8 Å². The molecule has 0 bridgehead atoms. The Morgan fingerprint density at radius 2 is 1.84 bits per heavy atom. The van der Waals surface area contributed by atoms with Crippen LogP contribution in [0.2, 0.25) is 5.02 Å². The number of rotatable bonds is 4. The lowest BCUT2D eigenvalue weighted by atomic mass is 9.79. The topological polar surface area (TPSA) is 49.8 Å². The Kier molecular flexibility index (Phi) is 5.54. The number of aromatic nitrogens is 2. The number of hydrogen-bond acceptors (Lipinski definition) is 3. The summed E-state index contributed by atoms with van der Waals surface area (Å²) in [4.78, 5) is 8.75. The molecular weight excluding hydrogens is 352 g/mol. The third kappa shape index (κ3) is 4.47. The van der Waals surface area contributed by atoms with Crippen LogP contribution in [-0.2, 0) is 5.41 Å². The number of thiocarbonyl (C=S) groups is 1. The van der Waals surface area contributed by atoms with Gasteiger partial charge in [0.15, 0.2) is 5.11 Å². The zero-order valence-electron chi connectivity index (χ0n) is 14.6. The van der Waals surface area contributed by atoms with Crippen LogP contribution in [0, 0.1) is 13.8 Å². The fraction of sp³-hybridized carbons (Fsp3) is 0.421. The Labute approximate surface area is 159 Å². The minimum atomic E-state index is 0.0834. The van der Waals surface area contributed by atoms with Crippen molar-refractivity contribution in [3.05, 3.63) is 52.3 Å². The minimum Gasteiger partial charge on any atom is -0.361 e. The van der Waals surface area contributed by atoms with E-state index in [2.05, 4.69) is 32.7 Å². The molecule has 0 amide bonds. The summed E-state index contributed by atoms with van der Waals surface area (Å²) < 4.78 is 0. The predicted octanol–water partition coefficient (Wildman–Crippen LogP) is 4.55. The van der Waals surface area contributed by atoms with E-state index in [0.717, 1.165) is 35.8 Å². The second-order valence-corrected chi connectivity index (χ2v) is 7.62. The highest BCUT2D eigenvalue weighted by Crippen LogP contribution is 2.41. The lowest BCUT2D eigenvalue weighted by Crippen LogP contribution is -2.41. The minimum absolute atomic E-state index is 0.0834. The van der Waals surface area contributed by atoms with E-state index in [9.17, 15) is 0 Å². The van der Waals surface area contributed by atoms with Crippen molar-refractivity contribution in [3.63, 3.8) is 0 Å². The second kappa shape index (κ2) is 7.67. The molecule has 0 unspecified atom stereocenters. The van der Waals surface area contributed by atoms with Gasteiger partial charge in [0.05, 0.1) is 0 Å². The highest BCUT2D eigenvalue weighted by molar-refractivity contribution is 7.80. The number of nitrogens with one attached hydrogen (secondary N) is 2. The standard InChI is InChI=1S/C19H23ClN4S/c1-13-10-14(2)23-17(22-13)24-18(25)21-12-19(8-3-4-9-19)15-6-5-7-16(20)11-15/h5-7,10-11H,3-4,8-9,12H2,1-2H3,(H2,21,22,23,24,25). The van der Waals surface area contributed by atoms with E-state index in [0.29, 0.717) is 11.1 Å². The van der Waals surface area contributed by atoms with Gasteiger partial charge in [0.1, 0.15) is 0 Å². The van der Waals surface area contributed by atoms with Crippen molar-refractivity contribution >= 4 is 34.9 Å². The van der Waals surface area contributed by atoms with Crippen molar-refractivity contribution in [2.75, 3.05) is 11.9 Å². The molecular formula is C19H23ClN4S. The van der Waals surface area contributed by atoms with Gasteiger partial charge in [-0.2, -0.15) is 0 Å². The molecule has 6 heteroatoms. The maximum absolute atomic E-state index is 6.21. The number of aryl methyl sites for hydroxylation is 2. The van der Waals surface area contributed by atoms with Crippen LogP contribution < -0.4 is 10.6 Å². The number of benzene rings is 1. The van der Waals surface area contributed by atoms with Crippen molar-refractivity contribution in [1.29, 1.82) is 0 Å². The Balaban J connectivity index is 1.68. The first-order valence-electron chi connectivity index (χ1n) is 8.60. The number of anilines is 1. The summed E-state index contributed by atoms with van der Waals surface area (Å²) in [5.74, 6) is 0.540. The summed E-state index contributed by atoms with van der Waals surface area (Å²) in [5, 5.41) is 7.81. The maximum atomic E-state index is 6.21. The molecule has 0 radical (unpaired) electrons. The van der Waals surface area contributed by atoms with Crippen molar-refractivity contribution in [2.24, 2.45) is 0 Å². The summed E-state index contributed by atoms with van der Waals surface area (Å²) >= 11 is 11.7. The monoisotopic (exact) mass is 374 g/mol. The molecule has 1 heterocycles. The summed E-state index contributed by atoms with van der Waals surface area (Å²) in [7, 11) is 0. The predicted molar refractivity (Wildman–Crippen MR) is 107 cm³/mol. The molecule has 25 heavy (non-hydrogen) atoms. The fourth-order valence-corrected chi connectivity index (χ4v) is 3.97. The van der Waals surface area contributed by atoms with Gasteiger partial charge in [0.2, 0.25) is 5.95 Å². The summed E-state index contributed by atoms with van der Waals surface area (Å²) in [6.07, 6.45) is 4.75. The Bertz CT molecular complexity index is 752. The zero-order chi connectivity index (χ0) is 17.9. The third-order valence-electron chi connectivity index (χ3n) is 4.79. The van der Waals surface area contributed by atoms with Gasteiger partial charge >= 0.3 is 0 Å². The molecule has 3 rings (SSSR count). The quantitative estimate of drug-likeness (QED) is 0.769. The first kappa shape index (κ1) is 18.1. The lowest BCUT2D eigenvalue weighted by Gasteiger charge is -2.30. The molecule has 1 aliphatic rings. The van der Waals surface area contributed by atoms with E-state index in [-0.39, 0.29) is 5.41 Å². The molecule has 1 fully saturated rings. The molecule has 1 saturated carbocycles. The highest BCUT2D eigenvalue weighted by Gasteiger charge is 2.35. The average Bonchev–Trinajstić information content (AvgIpc) is 3.02. The molecule has 1 aromatic carbocycles. The van der Waals surface area contributed by atoms with Crippen LogP contribution in [-0.4, -0.2) is 21.6 Å². The molecule has 132 valence electrons. The van der Waals surface area contributed by atoms with E-state index < -0.39 is 0 Å². The number of halogens is 1. The molecule has 1 aromatic heterocycles. The van der Waals surface area contributed by atoms with E-state index in [1.165, 1.54) is 18.4 Å². The van der Waals surface area contributed by atoms with Crippen LogP contribution in [0.1, 0.15) is 42.6 Å². The SMILES string of the molecule is Cc1cc(C)nc(NC(=S)NCC2(c3cccc(Cl)c3)CCCC2)n1. The second-order valence-electron chi connectivity index (χ2n) is 6.78. The van der Waals surface area contributed by atoms with Gasteiger partial charge in [-0.1, -0.05) is 36.6 Å². The van der Waals surface area contributed by atoms with Gasteiger partial charge in [-0.25, -0.2) is 9.97 Å². The Hall–Kier alpha value is -1.72. The van der Waals surface area contributed by atoms with Crippen molar-refractivity contribution in [3.8, 4) is 0 Å². The number of nitrogens with zero attached hydrogens (tertiary/aromatic N) is 2. The number of hydrogen-bond donors (Lipinski definition) is 2. The van der Waals surface area contributed by atoms with Gasteiger partial charge in [-0.05, 0) is 62.7 Å². The van der Waals surface area contributed by atoms with E-state index >= 15 is 0 Å². The van der Waals surface area contributed by atoms with Gasteiger partial charge in [0, 0.05) is 28.4 Å². The summed E-state index contributed by atoms with van der Waals surface area (Å²) in [5.41, 5.74) is 3.21. The van der Waals surface area contributed by atoms with Gasteiger partial charge in [-0.15, -0.1) is 0 Å². The van der Waals surface area contributed by atoms with Crippen LogP contribution in [0.5, 0.6) is 0 Å². The molecule has 4 nitrogen and oxygen atoms in total. The molecule has 0 spiro atoms. The van der Waals surface area contributed by atoms with E-state index in [1.807, 2.05) is 32.0 Å². The molecule has 2 N–H and O–H groups in total. The van der Waals surface area contributed by atoms with Crippen molar-refractivity contribution in [2.45, 2.75) is 44.9 Å². The van der Waals surface area contributed by atoms with Crippen LogP contribution in [0.3, 0.4) is 0 Å². The van der Waals surface area contributed by atoms with Crippen molar-refractivity contribution < 1.29 is 0 Å². The normalized spacial score (nSPS) is 15.8. The van der Waals surface area contributed by atoms with Crippen LogP contribution in [0.4, 0.5) is 5.95 Å². The maximum Gasteiger partial charge on any atom is 0.229 e. The summed E-state index contributed by atoms with van der Waals surface area (Å²) in [6.45, 7) is 4.68. The van der Waals surface area contributed by atoms with Gasteiger partial charge in [0.25, 0.3) is 0 Å². The van der Waals surface area contributed by atoms with Crippen LogP contribution in [0.15, 0.2) is 30.3 Å². The van der Waals surface area contributed by atoms with Gasteiger partial charge < -0.3 is 10.6 Å². The van der Waals surface area contributed by atoms with Crippen molar-refractivity contribution in [1.82, 2.24) is 15.3 Å². The lowest BCUT2D eigenvalue weighted by molar-refractivity contribution is 0.435. The first-order chi connectivity index (χ1) is 12.0. The van der Waals surface area contributed by atoms with E-state index in [4.69, 9.17) is 23.8 Å². The van der Waals surface area contributed by atoms with Crippen LogP contribution in [0.25, 0.3) is 0 Å². The molecule has 1 aliphatic carbocycles. The average molecular weight is 375 g/mol. The molecule has 0 aliphatic heterocycles. The molecule has 2 aromatic rings. The Morgan fingerprint density at radius 1 is 1.16 bits per heavy atom. The van der Waals surface area contributed by atoms with Gasteiger partial charge in [-0.3, -0.25) is 0 Å². The third-order valence-corrected chi connectivity index (χ3v) is 5.27. The highest BCUT2D eigenvalue weighted by atomic mass is 35.5. The van der Waals surface area contributed by atoms with E-state index in [1.54, 1.807) is 0 Å². The molecule has 0 saturated heterocycles. The first-order valence-corrected chi connectivity index (χ1v) is 9.39.